The van der Waals surface area contributed by atoms with E-state index in [1.165, 1.54) is 6.07 Å². The molecule has 1 aromatic carbocycles. The third-order valence-electron chi connectivity index (χ3n) is 2.97. The lowest BCUT2D eigenvalue weighted by Gasteiger charge is -2.21. The molecule has 0 bridgehead atoms. The van der Waals surface area contributed by atoms with Crippen LogP contribution in [0.2, 0.25) is 0 Å². The van der Waals surface area contributed by atoms with Gasteiger partial charge in [0.25, 0.3) is 0 Å². The summed E-state index contributed by atoms with van der Waals surface area (Å²) in [6.07, 6.45) is -0.211. The van der Waals surface area contributed by atoms with Crippen LogP contribution in [0.5, 0.6) is 0 Å². The second kappa shape index (κ2) is 5.77. The minimum Gasteiger partial charge on any atom is -0.344 e. The van der Waals surface area contributed by atoms with Crippen molar-refractivity contribution >= 4 is 17.7 Å². The number of piperidine rings is 1. The number of nitrogens with one attached hydrogen (secondary N) is 2. The summed E-state index contributed by atoms with van der Waals surface area (Å²) in [7, 11) is 0. The van der Waals surface area contributed by atoms with Gasteiger partial charge in [-0.3, -0.25) is 19.7 Å². The molecule has 1 aliphatic heterocycles. The van der Waals surface area contributed by atoms with Crippen molar-refractivity contribution in [1.29, 1.82) is 0 Å². The van der Waals surface area contributed by atoms with Crippen molar-refractivity contribution in [3.05, 3.63) is 35.4 Å². The highest BCUT2D eigenvalue weighted by Crippen LogP contribution is 2.13. The van der Waals surface area contributed by atoms with E-state index in [-0.39, 0.29) is 18.4 Å². The number of rotatable bonds is 3. The van der Waals surface area contributed by atoms with Gasteiger partial charge in [0.2, 0.25) is 17.7 Å². The predicted octanol–water partition coefficient (Wildman–Crippen LogP) is 0.429. The molecule has 1 atom stereocenters. The van der Waals surface area contributed by atoms with Gasteiger partial charge in [0, 0.05) is 12.0 Å². The molecule has 0 aliphatic carbocycles. The first-order chi connectivity index (χ1) is 9.47. The fourth-order valence-electron chi connectivity index (χ4n) is 1.94. The van der Waals surface area contributed by atoms with Crippen molar-refractivity contribution in [3.63, 3.8) is 0 Å². The summed E-state index contributed by atoms with van der Waals surface area (Å²) in [5.74, 6) is -3.32. The molecule has 2 N–H and O–H groups in total. The first-order valence-electron chi connectivity index (χ1n) is 6.03. The van der Waals surface area contributed by atoms with Gasteiger partial charge < -0.3 is 5.32 Å². The molecule has 1 aromatic rings. The van der Waals surface area contributed by atoms with Crippen LogP contribution >= 0.6 is 0 Å². The molecule has 1 saturated heterocycles. The maximum Gasteiger partial charge on any atom is 0.249 e. The number of imide groups is 1. The van der Waals surface area contributed by atoms with Crippen LogP contribution in [0.15, 0.2) is 18.2 Å². The molecule has 0 saturated carbocycles. The van der Waals surface area contributed by atoms with E-state index in [4.69, 9.17) is 0 Å². The van der Waals surface area contributed by atoms with E-state index >= 15 is 0 Å². The lowest BCUT2D eigenvalue weighted by Crippen LogP contribution is -2.52. The van der Waals surface area contributed by atoms with Crippen LogP contribution in [-0.2, 0) is 20.8 Å². The van der Waals surface area contributed by atoms with Crippen molar-refractivity contribution in [3.8, 4) is 0 Å². The predicted molar refractivity (Wildman–Crippen MR) is 64.4 cm³/mol. The number of benzene rings is 1. The van der Waals surface area contributed by atoms with Crippen molar-refractivity contribution in [2.24, 2.45) is 0 Å². The fraction of sp³-hybridized carbons (Fsp3) is 0.308. The van der Waals surface area contributed by atoms with Gasteiger partial charge in [-0.2, -0.15) is 0 Å². The van der Waals surface area contributed by atoms with Gasteiger partial charge in [0.05, 0.1) is 6.42 Å². The molecule has 7 heteroatoms. The standard InChI is InChI=1S/C13H12F2N2O3/c14-8-2-1-3-9(15)7(8)6-12(19)16-10-4-5-11(18)17-13(10)20/h1-3,10H,4-6H2,(H,16,19)(H,17,18,20)/t10-/m0/s1. The molecular formula is C13H12F2N2O3. The Morgan fingerprint density at radius 3 is 2.55 bits per heavy atom. The van der Waals surface area contributed by atoms with Gasteiger partial charge in [-0.1, -0.05) is 6.07 Å². The van der Waals surface area contributed by atoms with E-state index in [2.05, 4.69) is 10.6 Å². The van der Waals surface area contributed by atoms with Crippen LogP contribution in [0, 0.1) is 11.6 Å². The third-order valence-corrected chi connectivity index (χ3v) is 2.97. The normalized spacial score (nSPS) is 18.6. The maximum atomic E-state index is 13.4. The summed E-state index contributed by atoms with van der Waals surface area (Å²) < 4.78 is 26.7. The van der Waals surface area contributed by atoms with Crippen molar-refractivity contribution in [1.82, 2.24) is 10.6 Å². The van der Waals surface area contributed by atoms with Crippen molar-refractivity contribution < 1.29 is 23.2 Å². The lowest BCUT2D eigenvalue weighted by atomic mass is 10.1. The molecule has 0 unspecified atom stereocenters. The quantitative estimate of drug-likeness (QED) is 0.789. The summed E-state index contributed by atoms with van der Waals surface area (Å²) in [5.41, 5.74) is -0.350. The summed E-state index contributed by atoms with van der Waals surface area (Å²) in [6.45, 7) is 0. The molecule has 0 radical (unpaired) electrons. The SMILES string of the molecule is O=C1CC[C@H](NC(=O)Cc2c(F)cccc2F)C(=O)N1. The second-order valence-electron chi connectivity index (χ2n) is 4.45. The van der Waals surface area contributed by atoms with Crippen molar-refractivity contribution in [2.75, 3.05) is 0 Å². The number of carbonyl (C=O) groups is 3. The lowest BCUT2D eigenvalue weighted by molar-refractivity contribution is -0.137. The van der Waals surface area contributed by atoms with Gasteiger partial charge in [-0.05, 0) is 18.6 Å². The Bertz CT molecular complexity index is 554. The summed E-state index contributed by atoms with van der Waals surface area (Å²) in [6, 6.07) is 2.46. The molecule has 20 heavy (non-hydrogen) atoms. The van der Waals surface area contributed by atoms with Crippen LogP contribution in [0.3, 0.4) is 0 Å². The van der Waals surface area contributed by atoms with Gasteiger partial charge in [-0.25, -0.2) is 8.78 Å². The molecule has 1 fully saturated rings. The van der Waals surface area contributed by atoms with Crippen LogP contribution in [0.25, 0.3) is 0 Å². The maximum absolute atomic E-state index is 13.4. The number of carbonyl (C=O) groups excluding carboxylic acids is 3. The van der Waals surface area contributed by atoms with Gasteiger partial charge >= 0.3 is 0 Å². The minimum absolute atomic E-state index is 0.116. The molecule has 1 aliphatic rings. The Morgan fingerprint density at radius 1 is 1.30 bits per heavy atom. The average molecular weight is 282 g/mol. The van der Waals surface area contributed by atoms with Gasteiger partial charge in [0.15, 0.2) is 0 Å². The smallest absolute Gasteiger partial charge is 0.249 e. The molecule has 2 rings (SSSR count). The number of amides is 3. The average Bonchev–Trinajstić information content (AvgIpc) is 2.37. The van der Waals surface area contributed by atoms with E-state index in [1.54, 1.807) is 0 Å². The van der Waals surface area contributed by atoms with Crippen LogP contribution in [0.1, 0.15) is 18.4 Å². The third kappa shape index (κ3) is 3.17. The molecule has 106 valence electrons. The monoisotopic (exact) mass is 282 g/mol. The summed E-state index contributed by atoms with van der Waals surface area (Å²) in [5, 5.41) is 4.44. The molecular weight excluding hydrogens is 270 g/mol. The summed E-state index contributed by atoms with van der Waals surface area (Å²) in [4.78, 5) is 34.1. The zero-order valence-electron chi connectivity index (χ0n) is 10.4. The van der Waals surface area contributed by atoms with Crippen molar-refractivity contribution in [2.45, 2.75) is 25.3 Å². The Balaban J connectivity index is 1.99. The van der Waals surface area contributed by atoms with Crippen LogP contribution in [-0.4, -0.2) is 23.8 Å². The second-order valence-corrected chi connectivity index (χ2v) is 4.45. The highest BCUT2D eigenvalue weighted by atomic mass is 19.1. The Kier molecular flexibility index (Phi) is 4.07. The summed E-state index contributed by atoms with van der Waals surface area (Å²) >= 11 is 0. The molecule has 5 nitrogen and oxygen atoms in total. The van der Waals surface area contributed by atoms with Crippen LogP contribution in [0.4, 0.5) is 8.78 Å². The van der Waals surface area contributed by atoms with E-state index in [9.17, 15) is 23.2 Å². The first kappa shape index (κ1) is 14.1. The molecule has 1 heterocycles. The number of hydrogen-bond acceptors (Lipinski definition) is 3. The Morgan fingerprint density at radius 2 is 1.95 bits per heavy atom. The van der Waals surface area contributed by atoms with E-state index in [0.29, 0.717) is 0 Å². The molecule has 3 amide bonds. The minimum atomic E-state index is -0.852. The number of hydrogen-bond donors (Lipinski definition) is 2. The molecule has 0 spiro atoms. The largest absolute Gasteiger partial charge is 0.344 e. The fourth-order valence-corrected chi connectivity index (χ4v) is 1.94. The zero-order valence-corrected chi connectivity index (χ0v) is 10.4. The molecule has 0 aromatic heterocycles. The van der Waals surface area contributed by atoms with Gasteiger partial charge in [0.1, 0.15) is 17.7 Å². The van der Waals surface area contributed by atoms with Gasteiger partial charge in [-0.15, -0.1) is 0 Å². The highest BCUT2D eigenvalue weighted by molar-refractivity contribution is 6.01. The van der Waals surface area contributed by atoms with E-state index in [1.807, 2.05) is 0 Å². The zero-order chi connectivity index (χ0) is 14.7. The highest BCUT2D eigenvalue weighted by Gasteiger charge is 2.28. The van der Waals surface area contributed by atoms with E-state index in [0.717, 1.165) is 12.1 Å². The Labute approximate surface area is 113 Å². The Hall–Kier alpha value is -2.31. The number of halogens is 2. The van der Waals surface area contributed by atoms with E-state index < -0.39 is 41.8 Å². The topological polar surface area (TPSA) is 75.3 Å². The van der Waals surface area contributed by atoms with Crippen LogP contribution < -0.4 is 10.6 Å². The first-order valence-corrected chi connectivity index (χ1v) is 6.03.